The van der Waals surface area contributed by atoms with Crippen molar-refractivity contribution >= 4 is 12.3 Å². The second-order valence-electron chi connectivity index (χ2n) is 4.90. The number of carbonyl (C=O) groups is 2. The van der Waals surface area contributed by atoms with Crippen molar-refractivity contribution in [1.82, 2.24) is 26.2 Å². The van der Waals surface area contributed by atoms with Gasteiger partial charge in [0.15, 0.2) is 0 Å². The number of hydrogen-bond donors (Lipinski definition) is 4. The Morgan fingerprint density at radius 3 is 2.64 bits per heavy atom. The number of nitriles is 1. The summed E-state index contributed by atoms with van der Waals surface area (Å²) in [5.74, 6) is -0.365. The van der Waals surface area contributed by atoms with Crippen LogP contribution < -0.4 is 21.3 Å². The fourth-order valence-electron chi connectivity index (χ4n) is 2.03. The van der Waals surface area contributed by atoms with E-state index in [1.54, 1.807) is 0 Å². The van der Waals surface area contributed by atoms with Crippen LogP contribution in [0.5, 0.6) is 0 Å². The Morgan fingerprint density at radius 2 is 1.95 bits per heavy atom. The van der Waals surface area contributed by atoms with Gasteiger partial charge in [-0.15, -0.1) is 0 Å². The minimum absolute atomic E-state index is 0.0589. The molecule has 0 aromatic heterocycles. The number of hydrogen-bond acceptors (Lipinski definition) is 6. The maximum atomic E-state index is 11.9. The topological polar surface area (TPSA) is 109 Å². The summed E-state index contributed by atoms with van der Waals surface area (Å²) in [6.45, 7) is 6.36. The first-order valence-corrected chi connectivity index (χ1v) is 7.50. The van der Waals surface area contributed by atoms with Crippen LogP contribution in [0.2, 0.25) is 0 Å². The molecular formula is C14H24N6O2. The van der Waals surface area contributed by atoms with E-state index in [4.69, 9.17) is 5.26 Å². The predicted molar refractivity (Wildman–Crippen MR) is 82.7 cm³/mol. The summed E-state index contributed by atoms with van der Waals surface area (Å²) in [6.07, 6.45) is 2.78. The summed E-state index contributed by atoms with van der Waals surface area (Å²) in [6, 6.07) is 1.88. The first kappa shape index (κ1) is 17.9. The lowest BCUT2D eigenvalue weighted by Gasteiger charge is -2.27. The van der Waals surface area contributed by atoms with Crippen LogP contribution in [-0.4, -0.2) is 69.6 Å². The monoisotopic (exact) mass is 308 g/mol. The van der Waals surface area contributed by atoms with E-state index in [9.17, 15) is 9.59 Å². The van der Waals surface area contributed by atoms with E-state index in [1.807, 2.05) is 6.07 Å². The van der Waals surface area contributed by atoms with Crippen molar-refractivity contribution in [3.8, 4) is 6.07 Å². The normalized spacial score (nSPS) is 15.7. The first-order chi connectivity index (χ1) is 10.8. The Bertz CT molecular complexity index is 412. The fraction of sp³-hybridized carbons (Fsp3) is 0.643. The number of rotatable bonds is 10. The molecule has 0 spiro atoms. The molecule has 0 bridgehead atoms. The highest BCUT2D eigenvalue weighted by Gasteiger charge is 2.11. The molecule has 0 atom stereocenters. The molecule has 0 unspecified atom stereocenters. The fourth-order valence-corrected chi connectivity index (χ4v) is 2.03. The van der Waals surface area contributed by atoms with Crippen molar-refractivity contribution in [3.05, 3.63) is 11.8 Å². The van der Waals surface area contributed by atoms with Gasteiger partial charge in [-0.1, -0.05) is 0 Å². The zero-order valence-electron chi connectivity index (χ0n) is 12.7. The Morgan fingerprint density at radius 1 is 1.23 bits per heavy atom. The number of carbonyl (C=O) groups excluding carboxylic acids is 2. The van der Waals surface area contributed by atoms with Crippen LogP contribution in [-0.2, 0) is 9.59 Å². The van der Waals surface area contributed by atoms with Crippen LogP contribution in [0.25, 0.3) is 0 Å². The average molecular weight is 308 g/mol. The summed E-state index contributed by atoms with van der Waals surface area (Å²) in [5.41, 5.74) is 0.0589. The SMILES string of the molecule is N#C/C(=C/NCCCNC=O)C(=O)NCCN1CCNCC1. The highest BCUT2D eigenvalue weighted by molar-refractivity contribution is 5.97. The van der Waals surface area contributed by atoms with Gasteiger partial charge in [0.25, 0.3) is 5.91 Å². The van der Waals surface area contributed by atoms with Crippen LogP contribution in [0, 0.1) is 11.3 Å². The van der Waals surface area contributed by atoms with Gasteiger partial charge in [-0.05, 0) is 6.42 Å². The van der Waals surface area contributed by atoms with Crippen molar-refractivity contribution < 1.29 is 9.59 Å². The zero-order valence-corrected chi connectivity index (χ0v) is 12.7. The van der Waals surface area contributed by atoms with E-state index in [0.29, 0.717) is 26.0 Å². The first-order valence-electron chi connectivity index (χ1n) is 7.50. The number of piperazine rings is 1. The largest absolute Gasteiger partial charge is 0.390 e. The van der Waals surface area contributed by atoms with Gasteiger partial charge < -0.3 is 21.3 Å². The highest BCUT2D eigenvalue weighted by atomic mass is 16.1. The lowest BCUT2D eigenvalue weighted by molar-refractivity contribution is -0.117. The van der Waals surface area contributed by atoms with Gasteiger partial charge in [0.2, 0.25) is 6.41 Å². The third kappa shape index (κ3) is 7.61. The molecule has 8 heteroatoms. The summed E-state index contributed by atoms with van der Waals surface area (Å²) in [5, 5.41) is 20.4. The van der Waals surface area contributed by atoms with Crippen molar-refractivity contribution in [2.75, 3.05) is 52.4 Å². The third-order valence-corrected chi connectivity index (χ3v) is 3.26. The summed E-state index contributed by atoms with van der Waals surface area (Å²) >= 11 is 0. The molecule has 1 aliphatic rings. The summed E-state index contributed by atoms with van der Waals surface area (Å²) in [7, 11) is 0. The van der Waals surface area contributed by atoms with Crippen molar-refractivity contribution in [2.24, 2.45) is 0 Å². The Kier molecular flexibility index (Phi) is 9.41. The smallest absolute Gasteiger partial charge is 0.263 e. The van der Waals surface area contributed by atoms with Crippen LogP contribution in [0.4, 0.5) is 0 Å². The quantitative estimate of drug-likeness (QED) is 0.163. The van der Waals surface area contributed by atoms with Crippen LogP contribution in [0.15, 0.2) is 11.8 Å². The minimum atomic E-state index is -0.365. The molecular weight excluding hydrogens is 284 g/mol. The second kappa shape index (κ2) is 11.5. The van der Waals surface area contributed by atoms with Gasteiger partial charge >= 0.3 is 0 Å². The molecule has 1 rings (SSSR count). The molecule has 2 amide bonds. The van der Waals surface area contributed by atoms with E-state index >= 15 is 0 Å². The van der Waals surface area contributed by atoms with Gasteiger partial charge in [0.05, 0.1) is 0 Å². The van der Waals surface area contributed by atoms with Gasteiger partial charge in [0.1, 0.15) is 11.6 Å². The molecule has 1 fully saturated rings. The highest BCUT2D eigenvalue weighted by Crippen LogP contribution is 1.93. The van der Waals surface area contributed by atoms with E-state index in [2.05, 4.69) is 26.2 Å². The molecule has 22 heavy (non-hydrogen) atoms. The lowest BCUT2D eigenvalue weighted by Crippen LogP contribution is -2.46. The van der Waals surface area contributed by atoms with Gasteiger partial charge in [-0.25, -0.2) is 0 Å². The van der Waals surface area contributed by atoms with Crippen molar-refractivity contribution in [2.45, 2.75) is 6.42 Å². The molecule has 0 aromatic carbocycles. The van der Waals surface area contributed by atoms with Gasteiger partial charge in [-0.2, -0.15) is 5.26 Å². The molecule has 1 aliphatic heterocycles. The van der Waals surface area contributed by atoms with Gasteiger partial charge in [-0.3, -0.25) is 14.5 Å². The molecule has 1 heterocycles. The lowest BCUT2D eigenvalue weighted by atomic mass is 10.3. The van der Waals surface area contributed by atoms with Crippen molar-refractivity contribution in [3.63, 3.8) is 0 Å². The summed E-state index contributed by atoms with van der Waals surface area (Å²) < 4.78 is 0. The molecule has 1 saturated heterocycles. The van der Waals surface area contributed by atoms with E-state index in [-0.39, 0.29) is 11.5 Å². The number of nitrogens with one attached hydrogen (secondary N) is 4. The van der Waals surface area contributed by atoms with Crippen LogP contribution in [0.3, 0.4) is 0 Å². The molecule has 122 valence electrons. The molecule has 0 saturated carbocycles. The number of nitrogens with zero attached hydrogens (tertiary/aromatic N) is 2. The van der Waals surface area contributed by atoms with Crippen LogP contribution in [0.1, 0.15) is 6.42 Å². The average Bonchev–Trinajstić information content (AvgIpc) is 2.55. The molecule has 4 N–H and O–H groups in total. The predicted octanol–water partition coefficient (Wildman–Crippen LogP) is -1.86. The second-order valence-corrected chi connectivity index (χ2v) is 4.90. The molecule has 0 aromatic rings. The third-order valence-electron chi connectivity index (χ3n) is 3.26. The Balaban J connectivity index is 2.19. The van der Waals surface area contributed by atoms with Gasteiger partial charge in [0, 0.05) is 58.6 Å². The van der Waals surface area contributed by atoms with E-state index < -0.39 is 0 Å². The maximum absolute atomic E-state index is 11.9. The zero-order chi connectivity index (χ0) is 16.0. The van der Waals surface area contributed by atoms with E-state index in [1.165, 1.54) is 6.20 Å². The number of amides is 2. The van der Waals surface area contributed by atoms with Crippen molar-refractivity contribution in [1.29, 1.82) is 5.26 Å². The Hall–Kier alpha value is -2.11. The molecule has 0 radical (unpaired) electrons. The maximum Gasteiger partial charge on any atom is 0.263 e. The molecule has 8 nitrogen and oxygen atoms in total. The Labute approximate surface area is 130 Å². The minimum Gasteiger partial charge on any atom is -0.390 e. The standard InChI is InChI=1S/C14H24N6O2/c15-10-13(11-17-2-1-3-18-12-21)14(22)19-6-9-20-7-4-16-5-8-20/h11-12,16-17H,1-9H2,(H,18,21)(H,19,22)/b13-11-. The molecule has 0 aliphatic carbocycles. The summed E-state index contributed by atoms with van der Waals surface area (Å²) in [4.78, 5) is 24.2. The van der Waals surface area contributed by atoms with E-state index in [0.717, 1.165) is 39.1 Å². The van der Waals surface area contributed by atoms with Crippen LogP contribution >= 0.6 is 0 Å².